The molecular formula is C30H39N6O8P. The number of anilines is 1. The van der Waals surface area contributed by atoms with Gasteiger partial charge in [-0.3, -0.25) is 9.32 Å². The summed E-state index contributed by atoms with van der Waals surface area (Å²) in [6.45, 7) is 10.8. The number of carbonyl (C=O) groups excluding carboxylic acids is 1. The lowest BCUT2D eigenvalue weighted by atomic mass is 9.92. The van der Waals surface area contributed by atoms with E-state index in [4.69, 9.17) is 33.7 Å². The van der Waals surface area contributed by atoms with Gasteiger partial charge in [-0.1, -0.05) is 39.0 Å². The van der Waals surface area contributed by atoms with Gasteiger partial charge in [-0.2, -0.15) is 15.4 Å². The largest absolute Gasteiger partial charge is 0.464 e. The number of para-hydroxylation sites is 1. The van der Waals surface area contributed by atoms with Crippen LogP contribution in [-0.4, -0.2) is 63.9 Å². The van der Waals surface area contributed by atoms with Crippen LogP contribution in [0.5, 0.6) is 5.75 Å². The summed E-state index contributed by atoms with van der Waals surface area (Å²) in [5.41, 5.74) is 4.94. The van der Waals surface area contributed by atoms with E-state index in [1.165, 1.54) is 17.8 Å². The number of esters is 1. The summed E-state index contributed by atoms with van der Waals surface area (Å²) in [5.74, 6) is -1.23. The van der Waals surface area contributed by atoms with Gasteiger partial charge in [0.05, 0.1) is 18.9 Å². The first-order valence-electron chi connectivity index (χ1n) is 14.7. The smallest absolute Gasteiger partial charge is 0.459 e. The van der Waals surface area contributed by atoms with Crippen molar-refractivity contribution < 1.29 is 37.4 Å². The Hall–Kier alpha value is -3.57. The van der Waals surface area contributed by atoms with Crippen LogP contribution in [-0.2, 0) is 38.4 Å². The zero-order chi connectivity index (χ0) is 32.6. The number of nitrogens with two attached hydrogens (primary N) is 1. The summed E-state index contributed by atoms with van der Waals surface area (Å²) in [7, 11) is -4.25. The third-order valence-corrected chi connectivity index (χ3v) is 9.55. The number of carbonyl (C=O) groups is 1. The summed E-state index contributed by atoms with van der Waals surface area (Å²) in [4.78, 5) is 16.9. The minimum absolute atomic E-state index is 0.187. The maximum atomic E-state index is 14.2. The Labute approximate surface area is 261 Å². The molecule has 2 aromatic heterocycles. The van der Waals surface area contributed by atoms with E-state index in [1.54, 1.807) is 56.3 Å². The summed E-state index contributed by atoms with van der Waals surface area (Å²) in [5, 5.41) is 17.6. The molecule has 15 heteroatoms. The van der Waals surface area contributed by atoms with Gasteiger partial charge in [-0.05, 0) is 56.9 Å². The quantitative estimate of drug-likeness (QED) is 0.213. The van der Waals surface area contributed by atoms with E-state index < -0.39 is 49.5 Å². The predicted octanol–water partition coefficient (Wildman–Crippen LogP) is 4.11. The van der Waals surface area contributed by atoms with Crippen LogP contribution in [0, 0.1) is 16.7 Å². The molecule has 0 spiro atoms. The number of hydrogen-bond acceptors (Lipinski definition) is 12. The van der Waals surface area contributed by atoms with Gasteiger partial charge in [0, 0.05) is 0 Å². The number of rotatable bonds is 12. The highest BCUT2D eigenvalue weighted by Gasteiger charge is 2.65. The van der Waals surface area contributed by atoms with Crippen molar-refractivity contribution >= 4 is 25.1 Å². The van der Waals surface area contributed by atoms with Crippen molar-refractivity contribution in [3.05, 3.63) is 54.5 Å². The average Bonchev–Trinajstić information content (AvgIpc) is 3.66. The molecule has 2 aliphatic heterocycles. The molecule has 0 amide bonds. The third kappa shape index (κ3) is 6.70. The van der Waals surface area contributed by atoms with Crippen LogP contribution in [0.3, 0.4) is 0 Å². The van der Waals surface area contributed by atoms with E-state index in [1.807, 2.05) is 20.8 Å². The Morgan fingerprint density at radius 1 is 1.22 bits per heavy atom. The number of nitrogens with one attached hydrogen (secondary N) is 1. The number of nitrogen functional groups attached to an aromatic ring is 1. The van der Waals surface area contributed by atoms with Gasteiger partial charge in [0.1, 0.15) is 48.0 Å². The van der Waals surface area contributed by atoms with Gasteiger partial charge >= 0.3 is 13.7 Å². The molecule has 45 heavy (non-hydrogen) atoms. The number of aromatic nitrogens is 3. The molecule has 14 nitrogen and oxygen atoms in total. The van der Waals surface area contributed by atoms with Gasteiger partial charge in [-0.25, -0.2) is 14.1 Å². The molecule has 1 unspecified atom stereocenters. The summed E-state index contributed by atoms with van der Waals surface area (Å²) < 4.78 is 51.7. The molecule has 242 valence electrons. The molecule has 0 radical (unpaired) electrons. The van der Waals surface area contributed by atoms with Gasteiger partial charge in [-0.15, -0.1) is 0 Å². The van der Waals surface area contributed by atoms with Gasteiger partial charge < -0.3 is 29.2 Å². The van der Waals surface area contributed by atoms with Crippen LogP contribution < -0.4 is 15.3 Å². The highest BCUT2D eigenvalue weighted by Crippen LogP contribution is 2.51. The van der Waals surface area contributed by atoms with Gasteiger partial charge in [0.15, 0.2) is 11.6 Å². The van der Waals surface area contributed by atoms with Crippen LogP contribution in [0.25, 0.3) is 5.52 Å². The highest BCUT2D eigenvalue weighted by atomic mass is 31.2. The topological polar surface area (TPSA) is 182 Å². The van der Waals surface area contributed by atoms with Crippen molar-refractivity contribution in [1.29, 1.82) is 5.26 Å². The Kier molecular flexibility index (Phi) is 8.98. The van der Waals surface area contributed by atoms with Gasteiger partial charge in [0.2, 0.25) is 5.60 Å². The zero-order valence-electron chi connectivity index (χ0n) is 26.1. The number of nitriles is 1. The fourth-order valence-corrected chi connectivity index (χ4v) is 6.63. The van der Waals surface area contributed by atoms with E-state index in [-0.39, 0.29) is 30.2 Å². The van der Waals surface area contributed by atoms with E-state index >= 15 is 0 Å². The van der Waals surface area contributed by atoms with E-state index in [9.17, 15) is 14.6 Å². The van der Waals surface area contributed by atoms with Crippen molar-refractivity contribution in [2.24, 2.45) is 5.41 Å². The monoisotopic (exact) mass is 642 g/mol. The molecule has 3 aromatic rings. The molecule has 2 saturated heterocycles. The van der Waals surface area contributed by atoms with Crippen LogP contribution in [0.15, 0.2) is 48.8 Å². The van der Waals surface area contributed by atoms with Crippen molar-refractivity contribution in [2.45, 2.75) is 83.7 Å². The Morgan fingerprint density at radius 2 is 1.96 bits per heavy atom. The van der Waals surface area contributed by atoms with Crippen LogP contribution in [0.4, 0.5) is 5.82 Å². The Bertz CT molecular complexity index is 1630. The molecule has 0 aliphatic carbocycles. The molecule has 0 saturated carbocycles. The second-order valence-electron chi connectivity index (χ2n) is 12.4. The maximum absolute atomic E-state index is 14.2. The normalized spacial score (nSPS) is 26.1. The minimum atomic E-state index is -4.25. The first-order valence-corrected chi connectivity index (χ1v) is 16.2. The molecule has 3 N–H and O–H groups in total. The number of benzene rings is 1. The number of nitrogens with zero attached hydrogens (tertiary/aromatic N) is 4. The lowest BCUT2D eigenvalue weighted by molar-refractivity contribution is -0.204. The SMILES string of the molecule is CCC(C)(C)COC(=O)[C@H](C)NP(=O)(OC[C@H]1O[C@@](C#N)(c2ccc3c(N)ncnn23)[C@@H]2OC(C)(C)O[C@@H]21)Oc1ccccc1. The fourth-order valence-electron chi connectivity index (χ4n) is 5.13. The zero-order valence-corrected chi connectivity index (χ0v) is 27.0. The van der Waals surface area contributed by atoms with E-state index in [2.05, 4.69) is 21.2 Å². The molecule has 2 aliphatic rings. The van der Waals surface area contributed by atoms with E-state index in [0.717, 1.165) is 6.42 Å². The van der Waals surface area contributed by atoms with Crippen LogP contribution in [0.2, 0.25) is 0 Å². The number of fused-ring (bicyclic) bond motifs is 2. The summed E-state index contributed by atoms with van der Waals surface area (Å²) in [6, 6.07) is 13.0. The lowest BCUT2D eigenvalue weighted by Crippen LogP contribution is -2.40. The van der Waals surface area contributed by atoms with Crippen LogP contribution >= 0.6 is 7.75 Å². The molecule has 6 atom stereocenters. The van der Waals surface area contributed by atoms with E-state index in [0.29, 0.717) is 11.2 Å². The second-order valence-corrected chi connectivity index (χ2v) is 14.1. The average molecular weight is 643 g/mol. The summed E-state index contributed by atoms with van der Waals surface area (Å²) in [6.07, 6.45) is -0.607. The Balaban J connectivity index is 1.41. The first-order chi connectivity index (χ1) is 21.2. The first kappa shape index (κ1) is 32.8. The minimum Gasteiger partial charge on any atom is -0.464 e. The lowest BCUT2D eigenvalue weighted by Gasteiger charge is -2.29. The molecular weight excluding hydrogens is 603 g/mol. The van der Waals surface area contributed by atoms with Crippen molar-refractivity contribution in [2.75, 3.05) is 18.9 Å². The van der Waals surface area contributed by atoms with Crippen molar-refractivity contribution in [3.8, 4) is 11.8 Å². The Morgan fingerprint density at radius 3 is 2.64 bits per heavy atom. The molecule has 2 fully saturated rings. The predicted molar refractivity (Wildman–Crippen MR) is 162 cm³/mol. The fraction of sp³-hybridized carbons (Fsp3) is 0.533. The van der Waals surface area contributed by atoms with Crippen molar-refractivity contribution in [3.63, 3.8) is 0 Å². The third-order valence-electron chi connectivity index (χ3n) is 7.91. The standard InChI is InChI=1S/C30H39N6O8P/c1-7-28(3,4)17-39-27(37)19(2)35-45(38,44-20-11-9-8-10-12-20)40-15-22-24-25(43-29(5,6)42-24)30(16-31,41-22)23-14-13-21-26(32)33-18-34-36(21)23/h8-14,18-19,22,24-25H,7,15,17H2,1-6H3,(H,35,38)(H2,32,33,34)/t19-,22+,24+,25+,30-,45?/m0/s1. The second kappa shape index (κ2) is 12.3. The van der Waals surface area contributed by atoms with Gasteiger partial charge in [0.25, 0.3) is 0 Å². The maximum Gasteiger partial charge on any atom is 0.459 e. The molecule has 4 heterocycles. The number of hydrogen-bond donors (Lipinski definition) is 2. The van der Waals surface area contributed by atoms with Crippen LogP contribution in [0.1, 0.15) is 53.7 Å². The molecule has 1 aromatic carbocycles. The number of ether oxygens (including phenoxy) is 4. The van der Waals surface area contributed by atoms with Crippen molar-refractivity contribution in [1.82, 2.24) is 19.7 Å². The molecule has 5 rings (SSSR count). The highest BCUT2D eigenvalue weighted by molar-refractivity contribution is 7.52. The molecule has 0 bridgehead atoms. The summed E-state index contributed by atoms with van der Waals surface area (Å²) >= 11 is 0.